The highest BCUT2D eigenvalue weighted by Crippen LogP contribution is 2.36. The summed E-state index contributed by atoms with van der Waals surface area (Å²) in [6, 6.07) is 6.04. The number of ether oxygens (including phenoxy) is 2. The first kappa shape index (κ1) is 16.1. The summed E-state index contributed by atoms with van der Waals surface area (Å²) in [6.07, 6.45) is -1.66. The molecule has 3 nitrogen and oxygen atoms in total. The molecule has 6 heteroatoms. The van der Waals surface area contributed by atoms with Crippen LogP contribution in [0.4, 0.5) is 13.2 Å². The van der Waals surface area contributed by atoms with E-state index in [4.69, 9.17) is 4.74 Å². The predicted molar refractivity (Wildman–Crippen MR) is 73.3 cm³/mol. The van der Waals surface area contributed by atoms with E-state index in [-0.39, 0.29) is 6.61 Å². The number of rotatable bonds is 7. The normalized spacial score (nSPS) is 17.8. The zero-order valence-corrected chi connectivity index (χ0v) is 12.0. The van der Waals surface area contributed by atoms with Crippen LogP contribution in [-0.2, 0) is 11.2 Å². The molecule has 0 bridgehead atoms. The molecule has 118 valence electrons. The molecule has 0 aliphatic heterocycles. The van der Waals surface area contributed by atoms with Crippen molar-refractivity contribution < 1.29 is 22.6 Å². The first-order valence-electron chi connectivity index (χ1n) is 7.20. The topological polar surface area (TPSA) is 30.5 Å². The van der Waals surface area contributed by atoms with Crippen LogP contribution in [0.5, 0.6) is 5.75 Å². The Morgan fingerprint density at radius 2 is 2.10 bits per heavy atom. The van der Waals surface area contributed by atoms with Gasteiger partial charge in [0.05, 0.1) is 6.61 Å². The molecule has 0 saturated carbocycles. The van der Waals surface area contributed by atoms with Crippen LogP contribution in [0.3, 0.4) is 0 Å². The molecule has 2 rings (SSSR count). The van der Waals surface area contributed by atoms with Crippen molar-refractivity contribution in [2.75, 3.05) is 19.8 Å². The summed E-state index contributed by atoms with van der Waals surface area (Å²) in [7, 11) is 0. The Hall–Kier alpha value is -1.27. The van der Waals surface area contributed by atoms with Gasteiger partial charge in [-0.25, -0.2) is 0 Å². The average molecular weight is 303 g/mol. The summed E-state index contributed by atoms with van der Waals surface area (Å²) in [5, 5.41) is 3.47. The SMILES string of the molecule is CCCNC1CCc2c(OCCOC(F)(F)F)cccc21. The van der Waals surface area contributed by atoms with Crippen molar-refractivity contribution in [3.63, 3.8) is 0 Å². The van der Waals surface area contributed by atoms with E-state index in [0.29, 0.717) is 11.8 Å². The van der Waals surface area contributed by atoms with Crippen LogP contribution in [-0.4, -0.2) is 26.1 Å². The molecule has 0 aromatic heterocycles. The number of hydrogen-bond acceptors (Lipinski definition) is 3. The molecule has 1 atom stereocenters. The van der Waals surface area contributed by atoms with E-state index >= 15 is 0 Å². The molecule has 0 saturated heterocycles. The van der Waals surface area contributed by atoms with Gasteiger partial charge in [0.15, 0.2) is 0 Å². The van der Waals surface area contributed by atoms with Crippen LogP contribution < -0.4 is 10.1 Å². The summed E-state index contributed by atoms with van der Waals surface area (Å²) < 4.78 is 44.8. The molecule has 1 aliphatic carbocycles. The fourth-order valence-electron chi connectivity index (χ4n) is 2.60. The molecule has 1 N–H and O–H groups in total. The number of hydrogen-bond donors (Lipinski definition) is 1. The first-order valence-corrected chi connectivity index (χ1v) is 7.20. The second kappa shape index (κ2) is 7.13. The largest absolute Gasteiger partial charge is 0.522 e. The minimum atomic E-state index is -4.60. The summed E-state index contributed by atoms with van der Waals surface area (Å²) >= 11 is 0. The van der Waals surface area contributed by atoms with Crippen LogP contribution in [0.25, 0.3) is 0 Å². The third-order valence-corrected chi connectivity index (χ3v) is 3.48. The van der Waals surface area contributed by atoms with E-state index in [9.17, 15) is 13.2 Å². The van der Waals surface area contributed by atoms with Crippen molar-refractivity contribution >= 4 is 0 Å². The lowest BCUT2D eigenvalue weighted by Crippen LogP contribution is -2.20. The lowest BCUT2D eigenvalue weighted by Gasteiger charge is -2.15. The van der Waals surface area contributed by atoms with Gasteiger partial charge in [0.2, 0.25) is 0 Å². The van der Waals surface area contributed by atoms with Gasteiger partial charge >= 0.3 is 6.36 Å². The Bertz CT molecular complexity index is 463. The molecule has 0 fully saturated rings. The molecule has 1 aromatic carbocycles. The third kappa shape index (κ3) is 4.61. The molecule has 1 unspecified atom stereocenters. The van der Waals surface area contributed by atoms with Crippen molar-refractivity contribution in [1.82, 2.24) is 5.32 Å². The van der Waals surface area contributed by atoms with E-state index in [2.05, 4.69) is 23.0 Å². The van der Waals surface area contributed by atoms with Gasteiger partial charge in [0, 0.05) is 6.04 Å². The second-order valence-electron chi connectivity index (χ2n) is 5.01. The van der Waals surface area contributed by atoms with E-state index in [0.717, 1.165) is 31.4 Å². The van der Waals surface area contributed by atoms with Gasteiger partial charge in [0.1, 0.15) is 12.4 Å². The van der Waals surface area contributed by atoms with Crippen molar-refractivity contribution in [2.24, 2.45) is 0 Å². The smallest absolute Gasteiger partial charge is 0.491 e. The zero-order chi connectivity index (χ0) is 15.3. The summed E-state index contributed by atoms with van der Waals surface area (Å²) in [6.45, 7) is 2.46. The summed E-state index contributed by atoms with van der Waals surface area (Å²) in [5.74, 6) is 0.666. The number of nitrogens with one attached hydrogen (secondary N) is 1. The van der Waals surface area contributed by atoms with Crippen molar-refractivity contribution in [3.8, 4) is 5.75 Å². The maximum absolute atomic E-state index is 11.9. The number of halogens is 3. The van der Waals surface area contributed by atoms with E-state index < -0.39 is 13.0 Å². The molecule has 0 amide bonds. The van der Waals surface area contributed by atoms with Gasteiger partial charge < -0.3 is 10.1 Å². The summed E-state index contributed by atoms with van der Waals surface area (Å²) in [5.41, 5.74) is 2.29. The minimum Gasteiger partial charge on any atom is -0.491 e. The third-order valence-electron chi connectivity index (χ3n) is 3.48. The van der Waals surface area contributed by atoms with Crippen LogP contribution >= 0.6 is 0 Å². The minimum absolute atomic E-state index is 0.108. The van der Waals surface area contributed by atoms with Gasteiger partial charge in [-0.1, -0.05) is 19.1 Å². The predicted octanol–water partition coefficient (Wildman–Crippen LogP) is 3.59. The molecular weight excluding hydrogens is 283 g/mol. The number of alkyl halides is 3. The van der Waals surface area contributed by atoms with Crippen molar-refractivity contribution in [2.45, 2.75) is 38.6 Å². The van der Waals surface area contributed by atoms with E-state index in [1.807, 2.05) is 6.07 Å². The quantitative estimate of drug-likeness (QED) is 0.781. The maximum atomic E-state index is 11.9. The molecule has 0 spiro atoms. The average Bonchev–Trinajstić information content (AvgIpc) is 2.84. The highest BCUT2D eigenvalue weighted by atomic mass is 19.4. The Balaban J connectivity index is 1.92. The molecular formula is C15H20F3NO2. The van der Waals surface area contributed by atoms with Crippen molar-refractivity contribution in [1.29, 1.82) is 0 Å². The molecule has 1 aliphatic rings. The maximum Gasteiger partial charge on any atom is 0.522 e. The molecule has 0 heterocycles. The summed E-state index contributed by atoms with van der Waals surface area (Å²) in [4.78, 5) is 0. The van der Waals surface area contributed by atoms with E-state index in [1.54, 1.807) is 6.07 Å². The lowest BCUT2D eigenvalue weighted by atomic mass is 10.1. The second-order valence-corrected chi connectivity index (χ2v) is 5.01. The first-order chi connectivity index (χ1) is 10.0. The number of benzene rings is 1. The Morgan fingerprint density at radius 1 is 1.29 bits per heavy atom. The van der Waals surface area contributed by atoms with Gasteiger partial charge in [-0.2, -0.15) is 0 Å². The monoisotopic (exact) mass is 303 g/mol. The van der Waals surface area contributed by atoms with Gasteiger partial charge in [-0.3, -0.25) is 4.74 Å². The van der Waals surface area contributed by atoms with E-state index in [1.165, 1.54) is 5.56 Å². The van der Waals surface area contributed by atoms with Crippen LogP contribution in [0.2, 0.25) is 0 Å². The van der Waals surface area contributed by atoms with Gasteiger partial charge in [-0.15, -0.1) is 13.2 Å². The lowest BCUT2D eigenvalue weighted by molar-refractivity contribution is -0.325. The van der Waals surface area contributed by atoms with Crippen LogP contribution in [0.15, 0.2) is 18.2 Å². The van der Waals surface area contributed by atoms with Gasteiger partial charge in [0.25, 0.3) is 0 Å². The van der Waals surface area contributed by atoms with Crippen molar-refractivity contribution in [3.05, 3.63) is 29.3 Å². The standard InChI is InChI=1S/C15H20F3NO2/c1-2-8-19-13-7-6-12-11(13)4-3-5-14(12)20-9-10-21-15(16,17)18/h3-5,13,19H,2,6-10H2,1H3. The highest BCUT2D eigenvalue weighted by molar-refractivity contribution is 5.45. The number of fused-ring (bicyclic) bond motifs is 1. The van der Waals surface area contributed by atoms with Crippen LogP contribution in [0, 0.1) is 0 Å². The molecule has 0 radical (unpaired) electrons. The molecule has 1 aromatic rings. The zero-order valence-electron chi connectivity index (χ0n) is 12.0. The fraction of sp³-hybridized carbons (Fsp3) is 0.600. The van der Waals surface area contributed by atoms with Gasteiger partial charge in [-0.05, 0) is 43.0 Å². The fourth-order valence-corrected chi connectivity index (χ4v) is 2.60. The molecule has 21 heavy (non-hydrogen) atoms. The Morgan fingerprint density at radius 3 is 2.81 bits per heavy atom. The Labute approximate surface area is 122 Å². The van der Waals surface area contributed by atoms with Crippen LogP contribution in [0.1, 0.15) is 36.9 Å². The Kier molecular flexibility index (Phi) is 5.47. The highest BCUT2D eigenvalue weighted by Gasteiger charge is 2.29.